The predicted molar refractivity (Wildman–Crippen MR) is 107 cm³/mol. The fraction of sp³-hybridized carbons (Fsp3) is 0.238. The van der Waals surface area contributed by atoms with E-state index in [1.54, 1.807) is 23.3 Å². The molecule has 4 heterocycles. The first-order valence-electron chi connectivity index (χ1n) is 9.33. The fourth-order valence-electron chi connectivity index (χ4n) is 3.62. The van der Waals surface area contributed by atoms with Crippen LogP contribution in [0.25, 0.3) is 22.4 Å². The highest BCUT2D eigenvalue weighted by molar-refractivity contribution is 5.88. The summed E-state index contributed by atoms with van der Waals surface area (Å²) in [5, 5.41) is 8.72. The fourth-order valence-corrected chi connectivity index (χ4v) is 3.62. The van der Waals surface area contributed by atoms with E-state index in [0.29, 0.717) is 12.4 Å². The molecule has 0 bridgehead atoms. The molecule has 5 rings (SSSR count). The van der Waals surface area contributed by atoms with Crippen LogP contribution in [0.3, 0.4) is 0 Å². The van der Waals surface area contributed by atoms with Crippen molar-refractivity contribution in [2.75, 3.05) is 18.5 Å². The average molecular weight is 372 g/mol. The molecule has 140 valence electrons. The minimum atomic E-state index is -0.00369. The summed E-state index contributed by atoms with van der Waals surface area (Å²) >= 11 is 0. The number of ether oxygens (including phenoxy) is 1. The average Bonchev–Trinajstić information content (AvgIpc) is 3.13. The molecule has 28 heavy (non-hydrogen) atoms. The largest absolute Gasteiger partial charge is 0.371 e. The number of aryl methyl sites for hydroxylation is 1. The van der Waals surface area contributed by atoms with Crippen molar-refractivity contribution in [3.63, 3.8) is 0 Å². The summed E-state index contributed by atoms with van der Waals surface area (Å²) in [6.45, 7) is 1.37. The second-order valence-electron chi connectivity index (χ2n) is 6.83. The van der Waals surface area contributed by atoms with Crippen LogP contribution in [0.2, 0.25) is 0 Å². The minimum Gasteiger partial charge on any atom is -0.371 e. The number of benzene rings is 1. The lowest BCUT2D eigenvalue weighted by molar-refractivity contribution is 0.0513. The molecule has 1 unspecified atom stereocenters. The Kier molecular flexibility index (Phi) is 4.21. The van der Waals surface area contributed by atoms with Crippen LogP contribution in [-0.4, -0.2) is 37.9 Å². The zero-order valence-corrected chi connectivity index (χ0v) is 15.5. The van der Waals surface area contributed by atoms with E-state index in [2.05, 4.69) is 44.6 Å². The minimum absolute atomic E-state index is 0.00369. The molecule has 7 nitrogen and oxygen atoms in total. The molecule has 7 heteroatoms. The van der Waals surface area contributed by atoms with E-state index in [1.807, 2.05) is 19.2 Å². The van der Waals surface area contributed by atoms with Gasteiger partial charge >= 0.3 is 0 Å². The maximum absolute atomic E-state index is 6.02. The third-order valence-electron chi connectivity index (χ3n) is 5.08. The summed E-state index contributed by atoms with van der Waals surface area (Å²) in [4.78, 5) is 13.5. The first-order chi connectivity index (χ1) is 13.8. The Bertz CT molecular complexity index is 1120. The van der Waals surface area contributed by atoms with E-state index in [0.717, 1.165) is 35.4 Å². The number of fused-ring (bicyclic) bond motifs is 2. The lowest BCUT2D eigenvalue weighted by Gasteiger charge is -2.26. The van der Waals surface area contributed by atoms with Crippen molar-refractivity contribution in [2.45, 2.75) is 12.5 Å². The Hall–Kier alpha value is -3.32. The Morgan fingerprint density at radius 2 is 2.00 bits per heavy atom. The molecular formula is C21H20N6O. The van der Waals surface area contributed by atoms with Crippen LogP contribution in [0.5, 0.6) is 0 Å². The van der Waals surface area contributed by atoms with Gasteiger partial charge < -0.3 is 10.1 Å². The number of aromatic nitrogens is 5. The van der Waals surface area contributed by atoms with Gasteiger partial charge in [-0.2, -0.15) is 5.10 Å². The van der Waals surface area contributed by atoms with Crippen LogP contribution < -0.4 is 5.32 Å². The second kappa shape index (κ2) is 7.01. The van der Waals surface area contributed by atoms with E-state index in [4.69, 9.17) is 9.72 Å². The highest BCUT2D eigenvalue weighted by atomic mass is 16.5. The Morgan fingerprint density at radius 1 is 1.14 bits per heavy atom. The Balaban J connectivity index is 1.49. The van der Waals surface area contributed by atoms with Crippen molar-refractivity contribution >= 4 is 16.9 Å². The summed E-state index contributed by atoms with van der Waals surface area (Å²) in [6.07, 6.45) is 6.23. The van der Waals surface area contributed by atoms with E-state index < -0.39 is 0 Å². The smallest absolute Gasteiger partial charge is 0.164 e. The lowest BCUT2D eigenvalue weighted by Crippen LogP contribution is -2.23. The van der Waals surface area contributed by atoms with E-state index in [-0.39, 0.29) is 6.10 Å². The highest BCUT2D eigenvalue weighted by Crippen LogP contribution is 2.29. The zero-order valence-electron chi connectivity index (χ0n) is 15.5. The number of anilines is 1. The summed E-state index contributed by atoms with van der Waals surface area (Å²) < 4.78 is 7.79. The standard InChI is InChI=1S/C21H20N6O/c1-27-21-17(12-24-27)20(25-19(26-21)15-6-9-22-10-7-15)23-13-18-16-5-3-2-4-14(16)8-11-28-18/h2-7,9-10,12,18H,8,11,13H2,1H3,(H,23,25,26). The van der Waals surface area contributed by atoms with Crippen LogP contribution in [-0.2, 0) is 18.2 Å². The van der Waals surface area contributed by atoms with Gasteiger partial charge in [0.15, 0.2) is 11.5 Å². The van der Waals surface area contributed by atoms with Crippen molar-refractivity contribution in [1.82, 2.24) is 24.7 Å². The highest BCUT2D eigenvalue weighted by Gasteiger charge is 2.21. The normalized spacial score (nSPS) is 16.1. The molecule has 0 aliphatic carbocycles. The molecule has 0 radical (unpaired) electrons. The topological polar surface area (TPSA) is 77.8 Å². The third kappa shape index (κ3) is 2.99. The van der Waals surface area contributed by atoms with E-state index in [9.17, 15) is 0 Å². The SMILES string of the molecule is Cn1ncc2c(NCC3OCCc4ccccc43)nc(-c3ccncc3)nc21. The molecule has 1 aliphatic rings. The molecule has 0 saturated heterocycles. The summed E-state index contributed by atoms with van der Waals surface area (Å²) in [7, 11) is 1.88. The van der Waals surface area contributed by atoms with Crippen LogP contribution >= 0.6 is 0 Å². The van der Waals surface area contributed by atoms with Crippen molar-refractivity contribution in [3.8, 4) is 11.4 Å². The van der Waals surface area contributed by atoms with Gasteiger partial charge in [-0.25, -0.2) is 9.97 Å². The predicted octanol–water partition coefficient (Wildman–Crippen LogP) is 3.15. The number of nitrogens with one attached hydrogen (secondary N) is 1. The monoisotopic (exact) mass is 372 g/mol. The van der Waals surface area contributed by atoms with Crippen molar-refractivity contribution in [3.05, 3.63) is 66.1 Å². The Labute approximate surface area is 162 Å². The number of nitrogens with zero attached hydrogens (tertiary/aromatic N) is 5. The van der Waals surface area contributed by atoms with E-state index >= 15 is 0 Å². The second-order valence-corrected chi connectivity index (χ2v) is 6.83. The van der Waals surface area contributed by atoms with Gasteiger partial charge in [-0.15, -0.1) is 0 Å². The maximum Gasteiger partial charge on any atom is 0.164 e. The lowest BCUT2D eigenvalue weighted by atomic mass is 9.97. The Morgan fingerprint density at radius 3 is 2.89 bits per heavy atom. The molecule has 3 aromatic heterocycles. The van der Waals surface area contributed by atoms with Gasteiger partial charge in [0.05, 0.1) is 24.3 Å². The van der Waals surface area contributed by atoms with E-state index in [1.165, 1.54) is 11.1 Å². The van der Waals surface area contributed by atoms with Crippen molar-refractivity contribution in [2.24, 2.45) is 7.05 Å². The van der Waals surface area contributed by atoms with Crippen molar-refractivity contribution < 1.29 is 4.74 Å². The molecule has 1 aliphatic heterocycles. The van der Waals surface area contributed by atoms with Crippen LogP contribution in [0.1, 0.15) is 17.2 Å². The number of pyridine rings is 1. The number of rotatable bonds is 4. The summed E-state index contributed by atoms with van der Waals surface area (Å²) in [5.41, 5.74) is 4.30. The first-order valence-corrected chi connectivity index (χ1v) is 9.33. The van der Waals surface area contributed by atoms with Gasteiger partial charge in [-0.05, 0) is 29.7 Å². The molecular weight excluding hydrogens is 352 g/mol. The molecule has 0 spiro atoms. The van der Waals surface area contributed by atoms with Gasteiger partial charge in [0, 0.05) is 31.5 Å². The van der Waals surface area contributed by atoms with Gasteiger partial charge in [0.25, 0.3) is 0 Å². The molecule has 1 N–H and O–H groups in total. The summed E-state index contributed by atoms with van der Waals surface area (Å²) in [6, 6.07) is 12.3. The van der Waals surface area contributed by atoms with Gasteiger partial charge in [-0.3, -0.25) is 9.67 Å². The molecule has 0 fully saturated rings. The summed E-state index contributed by atoms with van der Waals surface area (Å²) in [5.74, 6) is 1.41. The van der Waals surface area contributed by atoms with Crippen LogP contribution in [0.4, 0.5) is 5.82 Å². The molecule has 0 saturated carbocycles. The molecule has 1 aromatic carbocycles. The number of hydrogen-bond donors (Lipinski definition) is 1. The van der Waals surface area contributed by atoms with Gasteiger partial charge in [-0.1, -0.05) is 24.3 Å². The van der Waals surface area contributed by atoms with Gasteiger partial charge in [0.1, 0.15) is 5.82 Å². The number of hydrogen-bond acceptors (Lipinski definition) is 6. The zero-order chi connectivity index (χ0) is 18.9. The van der Waals surface area contributed by atoms with Gasteiger partial charge in [0.2, 0.25) is 0 Å². The third-order valence-corrected chi connectivity index (χ3v) is 5.08. The molecule has 4 aromatic rings. The van der Waals surface area contributed by atoms with Crippen LogP contribution in [0.15, 0.2) is 55.0 Å². The maximum atomic E-state index is 6.02. The quantitative estimate of drug-likeness (QED) is 0.593. The first kappa shape index (κ1) is 16.8. The van der Waals surface area contributed by atoms with Crippen LogP contribution in [0, 0.1) is 0 Å². The molecule has 0 amide bonds. The molecule has 1 atom stereocenters. The van der Waals surface area contributed by atoms with Crippen molar-refractivity contribution in [1.29, 1.82) is 0 Å².